The fraction of sp³-hybridized carbons (Fsp3) is 0.250. The minimum atomic E-state index is -0.378. The second-order valence-corrected chi connectivity index (χ2v) is 4.20. The molecular formula is C12H9NO2. The van der Waals surface area contributed by atoms with Crippen LogP contribution in [0.25, 0.3) is 5.76 Å². The Morgan fingerprint density at radius 2 is 2.13 bits per heavy atom. The summed E-state index contributed by atoms with van der Waals surface area (Å²) in [6.45, 7) is 3.94. The molecule has 0 radical (unpaired) electrons. The average Bonchev–Trinajstić information content (AvgIpc) is 2.97. The molecule has 0 spiro atoms. The molecule has 0 atom stereocenters. The van der Waals surface area contributed by atoms with Crippen LogP contribution in [0.1, 0.15) is 25.0 Å². The summed E-state index contributed by atoms with van der Waals surface area (Å²) in [6, 6.07) is 7.48. The highest BCUT2D eigenvalue weighted by atomic mass is 16.6. The van der Waals surface area contributed by atoms with E-state index < -0.39 is 0 Å². The lowest BCUT2D eigenvalue weighted by atomic mass is 10.0. The van der Waals surface area contributed by atoms with E-state index in [1.807, 2.05) is 19.9 Å². The van der Waals surface area contributed by atoms with Crippen LogP contribution in [-0.4, -0.2) is 5.60 Å². The summed E-state index contributed by atoms with van der Waals surface area (Å²) >= 11 is 0. The highest BCUT2D eigenvalue weighted by Crippen LogP contribution is 2.51. The van der Waals surface area contributed by atoms with Crippen molar-refractivity contribution in [3.05, 3.63) is 35.1 Å². The van der Waals surface area contributed by atoms with E-state index in [1.165, 1.54) is 0 Å². The third-order valence-electron chi connectivity index (χ3n) is 2.63. The molecule has 3 rings (SSSR count). The molecule has 0 N–H and O–H groups in total. The van der Waals surface area contributed by atoms with Crippen molar-refractivity contribution in [3.63, 3.8) is 0 Å². The molecule has 0 fully saturated rings. The zero-order valence-corrected chi connectivity index (χ0v) is 8.50. The molecule has 0 unspecified atom stereocenters. The van der Waals surface area contributed by atoms with Gasteiger partial charge in [-0.15, -0.1) is 0 Å². The Morgan fingerprint density at radius 3 is 2.87 bits per heavy atom. The first-order valence-electron chi connectivity index (χ1n) is 4.78. The molecule has 2 heterocycles. The van der Waals surface area contributed by atoms with Crippen LogP contribution in [0.5, 0.6) is 5.75 Å². The Kier molecular flexibility index (Phi) is 1.31. The molecule has 3 nitrogen and oxygen atoms in total. The van der Waals surface area contributed by atoms with Gasteiger partial charge in [0.15, 0.2) is 17.1 Å². The van der Waals surface area contributed by atoms with Gasteiger partial charge in [0, 0.05) is 0 Å². The number of hydrogen-bond donors (Lipinski definition) is 0. The molecule has 1 aromatic rings. The monoisotopic (exact) mass is 199 g/mol. The Hall–Kier alpha value is -1.95. The molecule has 74 valence electrons. The lowest BCUT2D eigenvalue weighted by Crippen LogP contribution is -2.28. The summed E-state index contributed by atoms with van der Waals surface area (Å²) < 4.78 is 11.2. The summed E-state index contributed by atoms with van der Waals surface area (Å²) in [7, 11) is 0. The van der Waals surface area contributed by atoms with E-state index in [0.29, 0.717) is 5.56 Å². The van der Waals surface area contributed by atoms with Crippen LogP contribution in [-0.2, 0) is 4.74 Å². The van der Waals surface area contributed by atoms with Gasteiger partial charge in [-0.1, -0.05) is 0 Å². The van der Waals surface area contributed by atoms with E-state index in [4.69, 9.17) is 14.7 Å². The number of nitrogens with zero attached hydrogens (tertiary/aromatic N) is 1. The number of hydrogen-bond acceptors (Lipinski definition) is 3. The average molecular weight is 199 g/mol. The molecule has 0 amide bonds. The van der Waals surface area contributed by atoms with Crippen LogP contribution in [0.3, 0.4) is 0 Å². The third-order valence-corrected chi connectivity index (χ3v) is 2.63. The van der Waals surface area contributed by atoms with Gasteiger partial charge in [-0.05, 0) is 32.0 Å². The van der Waals surface area contributed by atoms with Crippen molar-refractivity contribution < 1.29 is 9.47 Å². The van der Waals surface area contributed by atoms with E-state index in [2.05, 4.69) is 6.07 Å². The van der Waals surface area contributed by atoms with Gasteiger partial charge in [-0.3, -0.25) is 0 Å². The van der Waals surface area contributed by atoms with Crippen molar-refractivity contribution >= 4 is 5.76 Å². The molecule has 1 aromatic carbocycles. The van der Waals surface area contributed by atoms with Crippen LogP contribution in [0, 0.1) is 11.3 Å². The highest BCUT2D eigenvalue weighted by Gasteiger charge is 2.47. The number of ether oxygens (including phenoxy) is 2. The first kappa shape index (κ1) is 8.37. The molecule has 2 aliphatic heterocycles. The second kappa shape index (κ2) is 2.34. The van der Waals surface area contributed by atoms with Gasteiger partial charge in [0.25, 0.3) is 0 Å². The van der Waals surface area contributed by atoms with Crippen molar-refractivity contribution in [2.24, 2.45) is 0 Å². The van der Waals surface area contributed by atoms with Gasteiger partial charge < -0.3 is 9.47 Å². The van der Waals surface area contributed by atoms with Crippen LogP contribution in [0.2, 0.25) is 0 Å². The molecule has 0 saturated heterocycles. The zero-order valence-electron chi connectivity index (χ0n) is 8.50. The summed E-state index contributed by atoms with van der Waals surface area (Å²) in [4.78, 5) is 0. The number of benzene rings is 1. The van der Waals surface area contributed by atoms with Gasteiger partial charge in [0.2, 0.25) is 0 Å². The topological polar surface area (TPSA) is 45.5 Å². The highest BCUT2D eigenvalue weighted by molar-refractivity contribution is 5.80. The maximum atomic E-state index is 8.79. The van der Waals surface area contributed by atoms with Crippen molar-refractivity contribution in [1.29, 1.82) is 5.26 Å². The summed E-state index contributed by atoms with van der Waals surface area (Å²) in [5.41, 5.74) is 1.14. The van der Waals surface area contributed by atoms with Gasteiger partial charge in [0.05, 0.1) is 17.2 Å². The minimum absolute atomic E-state index is 0.378. The van der Waals surface area contributed by atoms with Gasteiger partial charge in [0.1, 0.15) is 5.75 Å². The number of fused-ring (bicyclic) bond motifs is 2. The van der Waals surface area contributed by atoms with E-state index in [0.717, 1.165) is 22.8 Å². The van der Waals surface area contributed by atoms with E-state index in [-0.39, 0.29) is 5.60 Å². The SMILES string of the molecule is CC1(C)Oc2ccc(C#N)cc2C2=C1O2. The first-order valence-corrected chi connectivity index (χ1v) is 4.78. The molecule has 3 heteroatoms. The van der Waals surface area contributed by atoms with Crippen molar-refractivity contribution in [1.82, 2.24) is 0 Å². The summed E-state index contributed by atoms with van der Waals surface area (Å²) in [5.74, 6) is 2.54. The minimum Gasteiger partial charge on any atom is -0.479 e. The molecule has 0 saturated carbocycles. The molecule has 15 heavy (non-hydrogen) atoms. The molecular weight excluding hydrogens is 190 g/mol. The lowest BCUT2D eigenvalue weighted by molar-refractivity contribution is 0.129. The standard InChI is InChI=1S/C12H9NO2/c1-12(2)11-10(14-11)8-5-7(6-13)3-4-9(8)15-12/h3-5H,1-2H3. The van der Waals surface area contributed by atoms with E-state index in [9.17, 15) is 0 Å². The van der Waals surface area contributed by atoms with Crippen molar-refractivity contribution in [3.8, 4) is 11.8 Å². The zero-order chi connectivity index (χ0) is 10.6. The Morgan fingerprint density at radius 1 is 1.33 bits per heavy atom. The fourth-order valence-corrected chi connectivity index (χ4v) is 1.84. The number of rotatable bonds is 0. The lowest BCUT2D eigenvalue weighted by Gasteiger charge is -2.23. The predicted octanol–water partition coefficient (Wildman–Crippen LogP) is 2.43. The Bertz CT molecular complexity index is 535. The summed E-state index contributed by atoms with van der Waals surface area (Å²) in [6.07, 6.45) is 0. The first-order chi connectivity index (χ1) is 7.12. The van der Waals surface area contributed by atoms with Gasteiger partial charge >= 0.3 is 0 Å². The smallest absolute Gasteiger partial charge is 0.190 e. The summed E-state index contributed by atoms with van der Waals surface area (Å²) in [5, 5.41) is 8.79. The molecule has 0 aromatic heterocycles. The van der Waals surface area contributed by atoms with Gasteiger partial charge in [-0.2, -0.15) is 5.26 Å². The van der Waals surface area contributed by atoms with E-state index in [1.54, 1.807) is 12.1 Å². The van der Waals surface area contributed by atoms with Crippen LogP contribution in [0.4, 0.5) is 0 Å². The predicted molar refractivity (Wildman–Crippen MR) is 53.9 cm³/mol. The van der Waals surface area contributed by atoms with E-state index >= 15 is 0 Å². The normalized spacial score (nSPS) is 19.3. The largest absolute Gasteiger partial charge is 0.479 e. The molecule has 0 bridgehead atoms. The Labute approximate surface area is 87.5 Å². The van der Waals surface area contributed by atoms with Crippen LogP contribution in [0.15, 0.2) is 24.0 Å². The molecule has 0 aliphatic carbocycles. The third kappa shape index (κ3) is 1.05. The van der Waals surface area contributed by atoms with Crippen LogP contribution < -0.4 is 4.74 Å². The second-order valence-electron chi connectivity index (χ2n) is 4.20. The van der Waals surface area contributed by atoms with Crippen LogP contribution >= 0.6 is 0 Å². The molecule has 2 aliphatic rings. The fourth-order valence-electron chi connectivity index (χ4n) is 1.84. The van der Waals surface area contributed by atoms with Crippen molar-refractivity contribution in [2.75, 3.05) is 0 Å². The maximum Gasteiger partial charge on any atom is 0.190 e. The maximum absolute atomic E-state index is 8.79. The quantitative estimate of drug-likeness (QED) is 0.644. The van der Waals surface area contributed by atoms with Crippen molar-refractivity contribution in [2.45, 2.75) is 19.4 Å². The Balaban J connectivity index is 2.18. The number of nitriles is 1. The van der Waals surface area contributed by atoms with Gasteiger partial charge in [-0.25, -0.2) is 0 Å².